The summed E-state index contributed by atoms with van der Waals surface area (Å²) >= 11 is 1.03. The molecule has 2 aromatic heterocycles. The Morgan fingerprint density at radius 3 is 2.72 bits per heavy atom. The molecule has 0 spiro atoms. The number of para-hydroxylation sites is 1. The third-order valence-electron chi connectivity index (χ3n) is 3.90. The van der Waals surface area contributed by atoms with E-state index in [4.69, 9.17) is 4.74 Å². The second-order valence-electron chi connectivity index (χ2n) is 5.93. The minimum Gasteiger partial charge on any atom is -0.465 e. The van der Waals surface area contributed by atoms with E-state index >= 15 is 0 Å². The van der Waals surface area contributed by atoms with Crippen molar-refractivity contribution in [1.82, 2.24) is 9.55 Å². The first-order valence-electron chi connectivity index (χ1n) is 8.60. The number of hydrogen-bond donors (Lipinski definition) is 1. The van der Waals surface area contributed by atoms with E-state index in [0.29, 0.717) is 16.2 Å². The van der Waals surface area contributed by atoms with Crippen molar-refractivity contribution < 1.29 is 14.3 Å². The number of amides is 1. The van der Waals surface area contributed by atoms with E-state index in [2.05, 4.69) is 21.9 Å². The van der Waals surface area contributed by atoms with E-state index in [1.165, 1.54) is 13.2 Å². The van der Waals surface area contributed by atoms with Crippen LogP contribution in [0.4, 0.5) is 10.5 Å². The highest BCUT2D eigenvalue weighted by Gasteiger charge is 2.21. The average Bonchev–Trinajstić information content (AvgIpc) is 2.71. The molecule has 148 valence electrons. The fourth-order valence-corrected chi connectivity index (χ4v) is 3.71. The Bertz CT molecular complexity index is 1230. The molecule has 0 saturated carbocycles. The standard InChI is InChI=1S/C20H18N4O4S/c1-4-10-21-20-24(19(27)23-13-8-6-5-7-9-13)17(25)15-14(18(26)28-3)11-12(2)22-16(15)29-20/h4-9,11H,1,10H2,2-3H3,(H,23,27). The lowest BCUT2D eigenvalue weighted by Crippen LogP contribution is -2.40. The number of methoxy groups -OCH3 is 1. The van der Waals surface area contributed by atoms with Gasteiger partial charge < -0.3 is 10.1 Å². The van der Waals surface area contributed by atoms with Crippen LogP contribution in [0.3, 0.4) is 0 Å². The van der Waals surface area contributed by atoms with Gasteiger partial charge in [0.15, 0.2) is 4.80 Å². The first-order chi connectivity index (χ1) is 14.0. The summed E-state index contributed by atoms with van der Waals surface area (Å²) in [6, 6.07) is 9.47. The van der Waals surface area contributed by atoms with Gasteiger partial charge >= 0.3 is 12.0 Å². The first kappa shape index (κ1) is 20.2. The first-order valence-corrected chi connectivity index (χ1v) is 9.41. The molecule has 0 saturated heterocycles. The lowest BCUT2D eigenvalue weighted by molar-refractivity contribution is 0.0602. The van der Waals surface area contributed by atoms with Crippen molar-refractivity contribution in [3.8, 4) is 0 Å². The van der Waals surface area contributed by atoms with Crippen molar-refractivity contribution in [1.29, 1.82) is 0 Å². The van der Waals surface area contributed by atoms with E-state index < -0.39 is 17.6 Å². The van der Waals surface area contributed by atoms with Crippen LogP contribution in [0.15, 0.2) is 58.8 Å². The Balaban J connectivity index is 2.31. The molecule has 8 nitrogen and oxygen atoms in total. The van der Waals surface area contributed by atoms with Crippen molar-refractivity contribution in [3.63, 3.8) is 0 Å². The monoisotopic (exact) mass is 410 g/mol. The SMILES string of the molecule is C=CCN=c1sc2nc(C)cc(C(=O)OC)c2c(=O)n1C(=O)Nc1ccccc1. The number of carbonyl (C=O) groups excluding carboxylic acids is 2. The minimum absolute atomic E-state index is 0.00761. The molecule has 0 fully saturated rings. The molecule has 0 aliphatic rings. The smallest absolute Gasteiger partial charge is 0.338 e. The number of anilines is 1. The van der Waals surface area contributed by atoms with Crippen LogP contribution in [0.25, 0.3) is 10.2 Å². The molecule has 3 rings (SSSR count). The van der Waals surface area contributed by atoms with Crippen LogP contribution in [0.5, 0.6) is 0 Å². The maximum absolute atomic E-state index is 13.3. The second-order valence-corrected chi connectivity index (χ2v) is 6.89. The molecule has 29 heavy (non-hydrogen) atoms. The van der Waals surface area contributed by atoms with Crippen LogP contribution in [0.2, 0.25) is 0 Å². The Hall–Kier alpha value is -3.59. The summed E-state index contributed by atoms with van der Waals surface area (Å²) in [6.07, 6.45) is 1.55. The van der Waals surface area contributed by atoms with Gasteiger partial charge in [-0.15, -0.1) is 6.58 Å². The molecule has 1 aromatic carbocycles. The van der Waals surface area contributed by atoms with E-state index in [0.717, 1.165) is 15.9 Å². The van der Waals surface area contributed by atoms with E-state index in [1.54, 1.807) is 43.3 Å². The molecule has 0 bridgehead atoms. The maximum Gasteiger partial charge on any atom is 0.338 e. The Morgan fingerprint density at radius 2 is 2.07 bits per heavy atom. The zero-order chi connectivity index (χ0) is 21.0. The number of ether oxygens (including phenoxy) is 1. The molecule has 0 aliphatic heterocycles. The van der Waals surface area contributed by atoms with Gasteiger partial charge in [0, 0.05) is 11.4 Å². The Kier molecular flexibility index (Phi) is 5.99. The third kappa shape index (κ3) is 4.14. The van der Waals surface area contributed by atoms with Gasteiger partial charge in [-0.1, -0.05) is 35.6 Å². The number of carbonyl (C=O) groups is 2. The third-order valence-corrected chi connectivity index (χ3v) is 4.88. The van der Waals surface area contributed by atoms with Crippen molar-refractivity contribution in [3.05, 3.63) is 75.5 Å². The summed E-state index contributed by atoms with van der Waals surface area (Å²) in [5, 5.41) is 2.67. The lowest BCUT2D eigenvalue weighted by Gasteiger charge is -2.10. The van der Waals surface area contributed by atoms with Crippen LogP contribution >= 0.6 is 11.3 Å². The van der Waals surface area contributed by atoms with Gasteiger partial charge in [0.2, 0.25) is 0 Å². The number of pyridine rings is 1. The number of aryl methyl sites for hydroxylation is 1. The number of hydrogen-bond acceptors (Lipinski definition) is 7. The molecule has 0 aliphatic carbocycles. The number of aromatic nitrogens is 2. The van der Waals surface area contributed by atoms with E-state index in [9.17, 15) is 14.4 Å². The summed E-state index contributed by atoms with van der Waals surface area (Å²) in [5.41, 5.74) is 0.393. The van der Waals surface area contributed by atoms with E-state index in [1.807, 2.05) is 0 Å². The molecule has 9 heteroatoms. The summed E-state index contributed by atoms with van der Waals surface area (Å²) in [7, 11) is 1.22. The van der Waals surface area contributed by atoms with Crippen LogP contribution in [0.1, 0.15) is 16.1 Å². The number of fused-ring (bicyclic) bond motifs is 1. The van der Waals surface area contributed by atoms with Gasteiger partial charge in [-0.25, -0.2) is 19.1 Å². The molecule has 0 radical (unpaired) electrons. The number of benzene rings is 1. The molecule has 1 N–H and O–H groups in total. The van der Waals surface area contributed by atoms with Gasteiger partial charge in [-0.3, -0.25) is 9.79 Å². The fraction of sp³-hybridized carbons (Fsp3) is 0.150. The normalized spacial score (nSPS) is 11.3. The van der Waals surface area contributed by atoms with Crippen molar-refractivity contribution >= 4 is 39.2 Å². The van der Waals surface area contributed by atoms with E-state index in [-0.39, 0.29) is 22.3 Å². The number of nitrogens with zero attached hydrogens (tertiary/aromatic N) is 3. The number of rotatable bonds is 4. The van der Waals surface area contributed by atoms with Gasteiger partial charge in [-0.05, 0) is 25.1 Å². The molecule has 0 unspecified atom stereocenters. The predicted octanol–water partition coefficient (Wildman–Crippen LogP) is 2.72. The fourth-order valence-electron chi connectivity index (χ4n) is 2.65. The molecule has 1 amide bonds. The molecule has 0 atom stereocenters. The second kappa shape index (κ2) is 8.61. The van der Waals surface area contributed by atoms with Gasteiger partial charge in [0.05, 0.1) is 24.6 Å². The number of esters is 1. The van der Waals surface area contributed by atoms with Gasteiger partial charge in [0.1, 0.15) is 4.83 Å². The van der Waals surface area contributed by atoms with Crippen LogP contribution in [-0.4, -0.2) is 35.2 Å². The highest BCUT2D eigenvalue weighted by molar-refractivity contribution is 7.15. The number of nitrogens with one attached hydrogen (secondary N) is 1. The van der Waals surface area contributed by atoms with Crippen LogP contribution in [0, 0.1) is 6.92 Å². The molecular weight excluding hydrogens is 392 g/mol. The van der Waals surface area contributed by atoms with Crippen LogP contribution < -0.4 is 15.7 Å². The van der Waals surface area contributed by atoms with Crippen molar-refractivity contribution in [2.24, 2.45) is 4.99 Å². The molecule has 2 heterocycles. The summed E-state index contributed by atoms with van der Waals surface area (Å²) < 4.78 is 5.69. The largest absolute Gasteiger partial charge is 0.465 e. The van der Waals surface area contributed by atoms with Crippen LogP contribution in [-0.2, 0) is 4.74 Å². The highest BCUT2D eigenvalue weighted by Crippen LogP contribution is 2.18. The Morgan fingerprint density at radius 1 is 1.34 bits per heavy atom. The molecule has 3 aromatic rings. The minimum atomic E-state index is -0.706. The topological polar surface area (TPSA) is 103 Å². The van der Waals surface area contributed by atoms with Gasteiger partial charge in [0.25, 0.3) is 5.56 Å². The summed E-state index contributed by atoms with van der Waals surface area (Å²) in [5.74, 6) is -0.685. The Labute approximate surface area is 169 Å². The zero-order valence-electron chi connectivity index (χ0n) is 15.8. The lowest BCUT2D eigenvalue weighted by atomic mass is 10.1. The highest BCUT2D eigenvalue weighted by atomic mass is 32.1. The van der Waals surface area contributed by atoms with Crippen molar-refractivity contribution in [2.75, 3.05) is 19.0 Å². The quantitative estimate of drug-likeness (QED) is 0.526. The average molecular weight is 410 g/mol. The molecular formula is C20H18N4O4S. The van der Waals surface area contributed by atoms with Gasteiger partial charge in [-0.2, -0.15) is 0 Å². The predicted molar refractivity (Wildman–Crippen MR) is 111 cm³/mol. The maximum atomic E-state index is 13.3. The summed E-state index contributed by atoms with van der Waals surface area (Å²) in [6.45, 7) is 5.52. The van der Waals surface area contributed by atoms with Crippen molar-refractivity contribution in [2.45, 2.75) is 6.92 Å². The summed E-state index contributed by atoms with van der Waals surface area (Å²) in [4.78, 5) is 47.5. The zero-order valence-corrected chi connectivity index (χ0v) is 16.7.